The number of carboxylic acid groups (broad SMARTS) is 1. The van der Waals surface area contributed by atoms with E-state index in [-0.39, 0.29) is 0 Å². The van der Waals surface area contributed by atoms with Crippen LogP contribution in [0.5, 0.6) is 0 Å². The Labute approximate surface area is 101 Å². The maximum absolute atomic E-state index is 10.6. The minimum absolute atomic E-state index is 0.402. The predicted molar refractivity (Wildman–Crippen MR) is 65.8 cm³/mol. The van der Waals surface area contributed by atoms with Crippen molar-refractivity contribution in [3.8, 4) is 0 Å². The second-order valence-electron chi connectivity index (χ2n) is 4.50. The lowest BCUT2D eigenvalue weighted by Crippen LogP contribution is -2.27. The molecule has 0 amide bonds. The third-order valence-electron chi connectivity index (χ3n) is 2.90. The Morgan fingerprint density at radius 2 is 2.00 bits per heavy atom. The summed E-state index contributed by atoms with van der Waals surface area (Å²) in [4.78, 5) is 21.0. The number of aliphatic carboxylic acids is 1. The van der Waals surface area contributed by atoms with Gasteiger partial charge < -0.3 is 10.4 Å². The zero-order valence-corrected chi connectivity index (χ0v) is 10.1. The number of ketones is 1. The lowest BCUT2D eigenvalue weighted by molar-refractivity contribution is -0.145. The predicted octanol–water partition coefficient (Wildman–Crippen LogP) is 1.53. The van der Waals surface area contributed by atoms with Crippen LogP contribution in [0.25, 0.3) is 0 Å². The fourth-order valence-electron chi connectivity index (χ4n) is 1.59. The van der Waals surface area contributed by atoms with Crippen LogP contribution in [0.4, 0.5) is 0 Å². The molecule has 1 atom stereocenters. The fourth-order valence-corrected chi connectivity index (χ4v) is 1.59. The highest BCUT2D eigenvalue weighted by molar-refractivity contribution is 5.79. The van der Waals surface area contributed by atoms with Crippen molar-refractivity contribution in [3.05, 3.63) is 24.3 Å². The summed E-state index contributed by atoms with van der Waals surface area (Å²) in [6.07, 6.45) is 9.30. The fraction of sp³-hybridized carbons (Fsp3) is 0.538. The van der Waals surface area contributed by atoms with Gasteiger partial charge >= 0.3 is 5.97 Å². The minimum Gasteiger partial charge on any atom is -0.481 e. The number of carboxylic acids is 1. The third-order valence-corrected chi connectivity index (χ3v) is 2.90. The van der Waals surface area contributed by atoms with Gasteiger partial charge in [-0.05, 0) is 13.3 Å². The maximum atomic E-state index is 10.6. The Morgan fingerprint density at radius 3 is 2.29 bits per heavy atom. The quantitative estimate of drug-likeness (QED) is 0.726. The van der Waals surface area contributed by atoms with Crippen molar-refractivity contribution in [1.82, 2.24) is 5.32 Å². The summed E-state index contributed by atoms with van der Waals surface area (Å²) in [6.45, 7) is 3.49. The number of piperidine rings is 1. The summed E-state index contributed by atoms with van der Waals surface area (Å²) >= 11 is 0. The van der Waals surface area contributed by atoms with E-state index in [1.807, 2.05) is 12.2 Å². The number of carbonyl (C=O) groups is 2. The van der Waals surface area contributed by atoms with Gasteiger partial charge in [-0.3, -0.25) is 9.59 Å². The van der Waals surface area contributed by atoms with Gasteiger partial charge in [0.1, 0.15) is 5.78 Å². The molecule has 1 fully saturated rings. The van der Waals surface area contributed by atoms with Gasteiger partial charge in [-0.15, -0.1) is 0 Å². The van der Waals surface area contributed by atoms with Crippen LogP contribution in [0, 0.1) is 5.41 Å². The van der Waals surface area contributed by atoms with Gasteiger partial charge in [0, 0.05) is 25.9 Å². The van der Waals surface area contributed by atoms with E-state index in [9.17, 15) is 9.59 Å². The Balaban J connectivity index is 0.000000181. The summed E-state index contributed by atoms with van der Waals surface area (Å²) in [6, 6.07) is 0. The van der Waals surface area contributed by atoms with Crippen molar-refractivity contribution >= 4 is 11.8 Å². The Bertz CT molecular complexity index is 339. The molecule has 0 aromatic carbocycles. The molecule has 0 bridgehead atoms. The van der Waals surface area contributed by atoms with Crippen LogP contribution in [-0.2, 0) is 9.59 Å². The van der Waals surface area contributed by atoms with Crippen molar-refractivity contribution in [1.29, 1.82) is 0 Å². The first-order chi connectivity index (χ1) is 8.04. The van der Waals surface area contributed by atoms with E-state index in [0.29, 0.717) is 12.2 Å². The first kappa shape index (κ1) is 13.6. The number of rotatable bonds is 1. The van der Waals surface area contributed by atoms with E-state index < -0.39 is 11.4 Å². The number of hydrogen-bond donors (Lipinski definition) is 2. The molecule has 2 aliphatic rings. The average molecular weight is 237 g/mol. The molecule has 2 rings (SSSR count). The Morgan fingerprint density at radius 1 is 1.35 bits per heavy atom. The summed E-state index contributed by atoms with van der Waals surface area (Å²) in [5.74, 6) is -0.355. The highest BCUT2D eigenvalue weighted by Gasteiger charge is 2.29. The van der Waals surface area contributed by atoms with Crippen LogP contribution in [0.15, 0.2) is 24.3 Å². The SMILES string of the molecule is CC1(C(=O)O)C=CC=CC1.O=C1CCNCC1. The lowest BCUT2D eigenvalue weighted by Gasteiger charge is -2.20. The molecule has 0 saturated carbocycles. The monoisotopic (exact) mass is 237 g/mol. The molecule has 1 heterocycles. The van der Waals surface area contributed by atoms with Gasteiger partial charge in [-0.25, -0.2) is 0 Å². The molecule has 0 spiro atoms. The smallest absolute Gasteiger partial charge is 0.313 e. The van der Waals surface area contributed by atoms with Crippen molar-refractivity contribution < 1.29 is 14.7 Å². The zero-order valence-electron chi connectivity index (χ0n) is 10.1. The molecule has 2 N–H and O–H groups in total. The molecule has 17 heavy (non-hydrogen) atoms. The summed E-state index contributed by atoms with van der Waals surface area (Å²) in [5, 5.41) is 11.8. The normalized spacial score (nSPS) is 27.2. The molecule has 94 valence electrons. The van der Waals surface area contributed by atoms with Gasteiger partial charge in [0.25, 0.3) is 0 Å². The van der Waals surface area contributed by atoms with Crippen LogP contribution in [0.3, 0.4) is 0 Å². The lowest BCUT2D eigenvalue weighted by atomic mass is 9.84. The highest BCUT2D eigenvalue weighted by Crippen LogP contribution is 2.26. The topological polar surface area (TPSA) is 66.4 Å². The summed E-state index contributed by atoms with van der Waals surface area (Å²) in [7, 11) is 0. The van der Waals surface area contributed by atoms with Gasteiger partial charge in [-0.2, -0.15) is 0 Å². The standard InChI is InChI=1S/C8H10O2.C5H9NO/c1-8(7(9)10)5-3-2-4-6-8;7-5-1-3-6-4-2-5/h2-5H,6H2,1H3,(H,9,10);6H,1-4H2. The minimum atomic E-state index is -0.756. The molecule has 0 aromatic heterocycles. The molecule has 1 saturated heterocycles. The average Bonchev–Trinajstić information content (AvgIpc) is 2.31. The highest BCUT2D eigenvalue weighted by atomic mass is 16.4. The summed E-state index contributed by atoms with van der Waals surface area (Å²) in [5.41, 5.74) is -0.672. The van der Waals surface area contributed by atoms with Gasteiger partial charge in [0.2, 0.25) is 0 Å². The first-order valence-corrected chi connectivity index (χ1v) is 5.85. The van der Waals surface area contributed by atoms with E-state index in [1.54, 1.807) is 19.1 Å². The molecular formula is C13H19NO3. The maximum Gasteiger partial charge on any atom is 0.313 e. The largest absolute Gasteiger partial charge is 0.481 e. The van der Waals surface area contributed by atoms with Gasteiger partial charge in [-0.1, -0.05) is 24.3 Å². The van der Waals surface area contributed by atoms with E-state index >= 15 is 0 Å². The second-order valence-corrected chi connectivity index (χ2v) is 4.50. The second kappa shape index (κ2) is 6.35. The van der Waals surface area contributed by atoms with Crippen molar-refractivity contribution in [2.75, 3.05) is 13.1 Å². The number of Topliss-reactive ketones (excluding diaryl/α,β-unsaturated/α-hetero) is 1. The molecule has 0 radical (unpaired) electrons. The van der Waals surface area contributed by atoms with Crippen molar-refractivity contribution in [2.24, 2.45) is 5.41 Å². The number of allylic oxidation sites excluding steroid dienone is 3. The van der Waals surface area contributed by atoms with Crippen LogP contribution < -0.4 is 5.32 Å². The molecule has 4 nitrogen and oxygen atoms in total. The van der Waals surface area contributed by atoms with Crippen molar-refractivity contribution in [3.63, 3.8) is 0 Å². The van der Waals surface area contributed by atoms with Crippen LogP contribution in [0.2, 0.25) is 0 Å². The van der Waals surface area contributed by atoms with E-state index in [0.717, 1.165) is 25.9 Å². The number of nitrogens with one attached hydrogen (secondary N) is 1. The van der Waals surface area contributed by atoms with Crippen molar-refractivity contribution in [2.45, 2.75) is 26.2 Å². The van der Waals surface area contributed by atoms with E-state index in [4.69, 9.17) is 5.11 Å². The Kier molecular flexibility index (Phi) is 5.10. The number of carbonyl (C=O) groups excluding carboxylic acids is 1. The molecule has 1 aliphatic carbocycles. The molecular weight excluding hydrogens is 218 g/mol. The third kappa shape index (κ3) is 4.53. The van der Waals surface area contributed by atoms with E-state index in [2.05, 4.69) is 5.32 Å². The van der Waals surface area contributed by atoms with Crippen LogP contribution in [-0.4, -0.2) is 29.9 Å². The van der Waals surface area contributed by atoms with E-state index in [1.165, 1.54) is 0 Å². The molecule has 1 aliphatic heterocycles. The van der Waals surface area contributed by atoms with Gasteiger partial charge in [0.05, 0.1) is 5.41 Å². The first-order valence-electron chi connectivity index (χ1n) is 5.85. The van der Waals surface area contributed by atoms with Gasteiger partial charge in [0.15, 0.2) is 0 Å². The van der Waals surface area contributed by atoms with Crippen LogP contribution >= 0.6 is 0 Å². The molecule has 0 aromatic rings. The molecule has 1 unspecified atom stereocenters. The van der Waals surface area contributed by atoms with Crippen LogP contribution in [0.1, 0.15) is 26.2 Å². The zero-order chi connectivity index (χ0) is 12.7. The Hall–Kier alpha value is -1.42. The number of hydrogen-bond acceptors (Lipinski definition) is 3. The summed E-state index contributed by atoms with van der Waals surface area (Å²) < 4.78 is 0. The molecule has 4 heteroatoms.